The van der Waals surface area contributed by atoms with Gasteiger partial charge in [-0.05, 0) is 32.0 Å². The predicted molar refractivity (Wildman–Crippen MR) is 68.9 cm³/mol. The van der Waals surface area contributed by atoms with Crippen LogP contribution in [0.5, 0.6) is 0 Å². The van der Waals surface area contributed by atoms with E-state index in [4.69, 9.17) is 10.2 Å². The van der Waals surface area contributed by atoms with E-state index < -0.39 is 0 Å². The summed E-state index contributed by atoms with van der Waals surface area (Å²) in [6.07, 6.45) is 0.951. The Labute approximate surface area is 105 Å². The summed E-state index contributed by atoms with van der Waals surface area (Å²) >= 11 is 1.54. The van der Waals surface area contributed by atoms with Crippen LogP contribution in [0.4, 0.5) is 0 Å². The van der Waals surface area contributed by atoms with Gasteiger partial charge in [0.1, 0.15) is 0 Å². The number of hydrogen-bond acceptors (Lipinski definition) is 5. The summed E-state index contributed by atoms with van der Waals surface area (Å²) in [5.41, 5.74) is 7.59. The third-order valence-corrected chi connectivity index (χ3v) is 3.18. The Kier molecular flexibility index (Phi) is 4.17. The highest BCUT2D eigenvalue weighted by atomic mass is 32.2. The van der Waals surface area contributed by atoms with Crippen LogP contribution >= 0.6 is 11.8 Å². The molecule has 0 aliphatic heterocycles. The molecule has 0 atom stereocenters. The van der Waals surface area contributed by atoms with Crippen LogP contribution < -0.4 is 5.73 Å². The molecule has 1 aromatic carbocycles. The van der Waals surface area contributed by atoms with Gasteiger partial charge in [-0.2, -0.15) is 0 Å². The first-order chi connectivity index (χ1) is 8.29. The first kappa shape index (κ1) is 12.1. The number of aryl methyl sites for hydroxylation is 1. The van der Waals surface area contributed by atoms with Gasteiger partial charge in [0, 0.05) is 11.3 Å². The Balaban J connectivity index is 2.04. The van der Waals surface area contributed by atoms with Crippen molar-refractivity contribution in [1.29, 1.82) is 0 Å². The fourth-order valence-electron chi connectivity index (χ4n) is 1.32. The minimum atomic E-state index is 0.570. The topological polar surface area (TPSA) is 64.9 Å². The normalized spacial score (nSPS) is 10.7. The van der Waals surface area contributed by atoms with E-state index in [1.807, 2.05) is 31.2 Å². The number of nitrogens with zero attached hydrogens (tertiary/aromatic N) is 2. The van der Waals surface area contributed by atoms with Crippen LogP contribution in [0.3, 0.4) is 0 Å². The smallest absolute Gasteiger partial charge is 0.276 e. The molecule has 90 valence electrons. The molecule has 2 rings (SSSR count). The van der Waals surface area contributed by atoms with Gasteiger partial charge in [-0.1, -0.05) is 29.5 Å². The number of thioether (sulfide) groups is 1. The maximum absolute atomic E-state index is 5.56. The SMILES string of the molecule is Cc1ccc(-c2nnc(SCCCN)o2)cc1. The number of rotatable bonds is 5. The van der Waals surface area contributed by atoms with Crippen LogP contribution in [-0.2, 0) is 0 Å². The van der Waals surface area contributed by atoms with Crippen molar-refractivity contribution < 1.29 is 4.42 Å². The van der Waals surface area contributed by atoms with Crippen LogP contribution in [0.2, 0.25) is 0 Å². The van der Waals surface area contributed by atoms with Gasteiger partial charge in [0.15, 0.2) is 0 Å². The third-order valence-electron chi connectivity index (χ3n) is 2.28. The maximum Gasteiger partial charge on any atom is 0.276 e. The van der Waals surface area contributed by atoms with Crippen molar-refractivity contribution in [2.75, 3.05) is 12.3 Å². The molecule has 2 N–H and O–H groups in total. The molecule has 5 heteroatoms. The number of aromatic nitrogens is 2. The zero-order valence-electron chi connectivity index (χ0n) is 9.72. The molecule has 0 saturated carbocycles. The van der Waals surface area contributed by atoms with Crippen LogP contribution in [0.15, 0.2) is 33.9 Å². The van der Waals surface area contributed by atoms with E-state index in [9.17, 15) is 0 Å². The van der Waals surface area contributed by atoms with Crippen molar-refractivity contribution in [3.8, 4) is 11.5 Å². The minimum Gasteiger partial charge on any atom is -0.411 e. The van der Waals surface area contributed by atoms with Crippen molar-refractivity contribution in [3.63, 3.8) is 0 Å². The van der Waals surface area contributed by atoms with Gasteiger partial charge in [-0.15, -0.1) is 10.2 Å². The Morgan fingerprint density at radius 3 is 2.71 bits per heavy atom. The zero-order chi connectivity index (χ0) is 12.1. The van der Waals surface area contributed by atoms with Crippen LogP contribution in [0.25, 0.3) is 11.5 Å². The lowest BCUT2D eigenvalue weighted by molar-refractivity contribution is 0.466. The Morgan fingerprint density at radius 1 is 1.24 bits per heavy atom. The highest BCUT2D eigenvalue weighted by Gasteiger charge is 2.08. The van der Waals surface area contributed by atoms with Gasteiger partial charge < -0.3 is 10.2 Å². The standard InChI is InChI=1S/C12H15N3OS/c1-9-3-5-10(6-4-9)11-14-15-12(16-11)17-8-2-7-13/h3-6H,2,7-8,13H2,1H3. The second-order valence-electron chi connectivity index (χ2n) is 3.73. The summed E-state index contributed by atoms with van der Waals surface area (Å²) in [5.74, 6) is 1.48. The molecule has 0 spiro atoms. The first-order valence-corrected chi connectivity index (χ1v) is 6.51. The van der Waals surface area contributed by atoms with E-state index in [1.54, 1.807) is 11.8 Å². The monoisotopic (exact) mass is 249 g/mol. The number of benzene rings is 1. The number of hydrogen-bond donors (Lipinski definition) is 1. The van der Waals surface area contributed by atoms with Gasteiger partial charge in [0.2, 0.25) is 5.89 Å². The van der Waals surface area contributed by atoms with E-state index in [2.05, 4.69) is 10.2 Å². The molecular weight excluding hydrogens is 234 g/mol. The van der Waals surface area contributed by atoms with Gasteiger partial charge in [0.05, 0.1) is 0 Å². The van der Waals surface area contributed by atoms with E-state index in [0.29, 0.717) is 17.7 Å². The van der Waals surface area contributed by atoms with Crippen molar-refractivity contribution >= 4 is 11.8 Å². The van der Waals surface area contributed by atoms with E-state index >= 15 is 0 Å². The highest BCUT2D eigenvalue weighted by Crippen LogP contribution is 2.23. The van der Waals surface area contributed by atoms with Crippen molar-refractivity contribution in [2.45, 2.75) is 18.6 Å². The van der Waals surface area contributed by atoms with Gasteiger partial charge in [-0.3, -0.25) is 0 Å². The highest BCUT2D eigenvalue weighted by molar-refractivity contribution is 7.99. The lowest BCUT2D eigenvalue weighted by Crippen LogP contribution is -1.99. The second-order valence-corrected chi connectivity index (χ2v) is 4.78. The molecule has 1 aromatic heterocycles. The molecule has 4 nitrogen and oxygen atoms in total. The summed E-state index contributed by atoms with van der Waals surface area (Å²) in [7, 11) is 0. The lowest BCUT2D eigenvalue weighted by Gasteiger charge is -1.95. The lowest BCUT2D eigenvalue weighted by atomic mass is 10.1. The summed E-state index contributed by atoms with van der Waals surface area (Å²) in [4.78, 5) is 0. The van der Waals surface area contributed by atoms with Crippen LogP contribution in [0, 0.1) is 6.92 Å². The van der Waals surface area contributed by atoms with Gasteiger partial charge in [-0.25, -0.2) is 0 Å². The second kappa shape index (κ2) is 5.84. The average molecular weight is 249 g/mol. The molecule has 0 unspecified atom stereocenters. The summed E-state index contributed by atoms with van der Waals surface area (Å²) in [5, 5.41) is 8.62. The van der Waals surface area contributed by atoms with E-state index in [-0.39, 0.29) is 0 Å². The van der Waals surface area contributed by atoms with Crippen molar-refractivity contribution in [3.05, 3.63) is 29.8 Å². The molecule has 0 bridgehead atoms. The first-order valence-electron chi connectivity index (χ1n) is 5.53. The average Bonchev–Trinajstić information content (AvgIpc) is 2.79. The molecule has 0 aliphatic carbocycles. The number of nitrogens with two attached hydrogens (primary N) is 1. The van der Waals surface area contributed by atoms with Gasteiger partial charge in [0.25, 0.3) is 5.22 Å². The van der Waals surface area contributed by atoms with E-state index in [1.165, 1.54) is 5.56 Å². The molecule has 2 aromatic rings. The minimum absolute atomic E-state index is 0.570. The summed E-state index contributed by atoms with van der Waals surface area (Å²) < 4.78 is 5.56. The van der Waals surface area contributed by atoms with Crippen LogP contribution in [0.1, 0.15) is 12.0 Å². The van der Waals surface area contributed by atoms with Crippen molar-refractivity contribution in [1.82, 2.24) is 10.2 Å². The van der Waals surface area contributed by atoms with Gasteiger partial charge >= 0.3 is 0 Å². The fraction of sp³-hybridized carbons (Fsp3) is 0.333. The fourth-order valence-corrected chi connectivity index (χ4v) is 2.05. The molecule has 0 fully saturated rings. The largest absolute Gasteiger partial charge is 0.411 e. The molecule has 0 amide bonds. The van der Waals surface area contributed by atoms with Crippen LogP contribution in [-0.4, -0.2) is 22.5 Å². The molecule has 1 heterocycles. The Morgan fingerprint density at radius 2 is 2.00 bits per heavy atom. The molecule has 0 saturated heterocycles. The van der Waals surface area contributed by atoms with Crippen molar-refractivity contribution in [2.24, 2.45) is 5.73 Å². The third kappa shape index (κ3) is 3.31. The maximum atomic E-state index is 5.56. The Bertz CT molecular complexity index is 467. The Hall–Kier alpha value is -1.33. The molecule has 0 aliphatic rings. The molecule has 0 radical (unpaired) electrons. The summed E-state index contributed by atoms with van der Waals surface area (Å²) in [6.45, 7) is 2.73. The quantitative estimate of drug-likeness (QED) is 0.651. The predicted octanol–water partition coefficient (Wildman–Crippen LogP) is 2.49. The summed E-state index contributed by atoms with van der Waals surface area (Å²) in [6, 6.07) is 8.02. The zero-order valence-corrected chi connectivity index (χ0v) is 10.5. The molecular formula is C12H15N3OS. The van der Waals surface area contributed by atoms with E-state index in [0.717, 1.165) is 17.7 Å². The molecule has 17 heavy (non-hydrogen) atoms.